The Morgan fingerprint density at radius 3 is 2.40 bits per heavy atom. The molecule has 0 aliphatic rings. The number of para-hydroxylation sites is 1. The molecule has 0 atom stereocenters. The zero-order chi connectivity index (χ0) is 14.1. The SMILES string of the molecule is Cn1c(=O)c(Cc2ccccc2)c(F)c2ccccc21. The van der Waals surface area contributed by atoms with Crippen LogP contribution in [0, 0.1) is 5.82 Å². The molecular weight excluding hydrogens is 253 g/mol. The van der Waals surface area contributed by atoms with Crippen LogP contribution in [0.5, 0.6) is 0 Å². The summed E-state index contributed by atoms with van der Waals surface area (Å²) in [6.45, 7) is 0. The van der Waals surface area contributed by atoms with Crippen LogP contribution in [-0.4, -0.2) is 4.57 Å². The fourth-order valence-electron chi connectivity index (χ4n) is 2.47. The molecule has 3 heteroatoms. The minimum atomic E-state index is -0.410. The molecule has 0 N–H and O–H groups in total. The van der Waals surface area contributed by atoms with Gasteiger partial charge in [0.2, 0.25) is 0 Å². The minimum Gasteiger partial charge on any atom is -0.311 e. The highest BCUT2D eigenvalue weighted by molar-refractivity contribution is 5.80. The van der Waals surface area contributed by atoms with Crippen molar-refractivity contribution in [3.63, 3.8) is 0 Å². The van der Waals surface area contributed by atoms with Crippen molar-refractivity contribution >= 4 is 10.9 Å². The second-order valence-electron chi connectivity index (χ2n) is 4.84. The van der Waals surface area contributed by atoms with Crippen molar-refractivity contribution in [1.82, 2.24) is 4.57 Å². The Kier molecular flexibility index (Phi) is 3.11. The molecule has 3 aromatic rings. The minimum absolute atomic E-state index is 0.220. The number of aryl methyl sites for hydroxylation is 1. The van der Waals surface area contributed by atoms with Crippen LogP contribution in [0.4, 0.5) is 4.39 Å². The molecule has 0 unspecified atom stereocenters. The van der Waals surface area contributed by atoms with Crippen molar-refractivity contribution < 1.29 is 4.39 Å². The van der Waals surface area contributed by atoms with E-state index >= 15 is 0 Å². The number of aromatic nitrogens is 1. The molecule has 1 aromatic heterocycles. The van der Waals surface area contributed by atoms with Gasteiger partial charge in [0.05, 0.1) is 11.1 Å². The van der Waals surface area contributed by atoms with Crippen LogP contribution >= 0.6 is 0 Å². The van der Waals surface area contributed by atoms with Gasteiger partial charge in [0.1, 0.15) is 5.82 Å². The molecule has 100 valence electrons. The van der Waals surface area contributed by atoms with Gasteiger partial charge in [-0.05, 0) is 17.7 Å². The Morgan fingerprint density at radius 2 is 1.65 bits per heavy atom. The normalized spacial score (nSPS) is 10.9. The van der Waals surface area contributed by atoms with Gasteiger partial charge in [-0.3, -0.25) is 4.79 Å². The third-order valence-corrected chi connectivity index (χ3v) is 3.55. The predicted octanol–water partition coefficient (Wildman–Crippen LogP) is 3.27. The first kappa shape index (κ1) is 12.6. The molecule has 20 heavy (non-hydrogen) atoms. The Labute approximate surface area is 116 Å². The number of hydrogen-bond donors (Lipinski definition) is 0. The van der Waals surface area contributed by atoms with E-state index in [-0.39, 0.29) is 11.1 Å². The summed E-state index contributed by atoms with van der Waals surface area (Å²) in [5.74, 6) is -0.410. The summed E-state index contributed by atoms with van der Waals surface area (Å²) < 4.78 is 16.1. The van der Waals surface area contributed by atoms with Gasteiger partial charge in [-0.1, -0.05) is 42.5 Å². The van der Waals surface area contributed by atoms with Crippen LogP contribution in [0.3, 0.4) is 0 Å². The van der Waals surface area contributed by atoms with E-state index in [1.165, 1.54) is 4.57 Å². The van der Waals surface area contributed by atoms with Gasteiger partial charge >= 0.3 is 0 Å². The molecular formula is C17H14FNO. The molecule has 0 spiro atoms. The number of rotatable bonds is 2. The van der Waals surface area contributed by atoms with Gasteiger partial charge < -0.3 is 4.57 Å². The summed E-state index contributed by atoms with van der Waals surface area (Å²) in [4.78, 5) is 12.3. The van der Waals surface area contributed by atoms with Crippen molar-refractivity contribution in [3.05, 3.63) is 81.9 Å². The van der Waals surface area contributed by atoms with E-state index < -0.39 is 5.82 Å². The van der Waals surface area contributed by atoms with Crippen molar-refractivity contribution in [2.45, 2.75) is 6.42 Å². The van der Waals surface area contributed by atoms with E-state index in [1.54, 1.807) is 31.3 Å². The van der Waals surface area contributed by atoms with Crippen LogP contribution < -0.4 is 5.56 Å². The molecule has 0 aliphatic carbocycles. The Hall–Kier alpha value is -2.42. The second kappa shape index (κ2) is 4.93. The molecule has 0 saturated carbocycles. The Bertz CT molecular complexity index is 822. The first-order valence-electron chi connectivity index (χ1n) is 6.48. The summed E-state index contributed by atoms with van der Waals surface area (Å²) in [5, 5.41) is 0.487. The summed E-state index contributed by atoms with van der Waals surface area (Å²) in [5.41, 5.74) is 1.49. The largest absolute Gasteiger partial charge is 0.311 e. The topological polar surface area (TPSA) is 22.0 Å². The predicted molar refractivity (Wildman–Crippen MR) is 78.4 cm³/mol. The van der Waals surface area contributed by atoms with Crippen molar-refractivity contribution in [1.29, 1.82) is 0 Å². The summed E-state index contributed by atoms with van der Waals surface area (Å²) in [6, 6.07) is 16.5. The van der Waals surface area contributed by atoms with E-state index in [0.29, 0.717) is 17.3 Å². The molecule has 2 aromatic carbocycles. The highest BCUT2D eigenvalue weighted by Gasteiger charge is 2.15. The summed E-state index contributed by atoms with van der Waals surface area (Å²) >= 11 is 0. The highest BCUT2D eigenvalue weighted by Crippen LogP contribution is 2.19. The number of benzene rings is 2. The summed E-state index contributed by atoms with van der Waals surface area (Å²) in [6.07, 6.45) is 0.310. The number of pyridine rings is 1. The molecule has 0 fully saturated rings. The number of nitrogens with zero attached hydrogens (tertiary/aromatic N) is 1. The average molecular weight is 267 g/mol. The average Bonchev–Trinajstić information content (AvgIpc) is 2.50. The lowest BCUT2D eigenvalue weighted by Gasteiger charge is -2.10. The van der Waals surface area contributed by atoms with Crippen LogP contribution in [0.25, 0.3) is 10.9 Å². The third kappa shape index (κ3) is 2.01. The number of hydrogen-bond acceptors (Lipinski definition) is 1. The second-order valence-corrected chi connectivity index (χ2v) is 4.84. The van der Waals surface area contributed by atoms with Crippen molar-refractivity contribution in [3.8, 4) is 0 Å². The monoisotopic (exact) mass is 267 g/mol. The van der Waals surface area contributed by atoms with Gasteiger partial charge in [0.25, 0.3) is 5.56 Å². The van der Waals surface area contributed by atoms with Gasteiger partial charge in [0.15, 0.2) is 0 Å². The van der Waals surface area contributed by atoms with E-state index in [9.17, 15) is 9.18 Å². The molecule has 3 rings (SSSR count). The molecule has 1 heterocycles. The lowest BCUT2D eigenvalue weighted by molar-refractivity contribution is 0.616. The number of fused-ring (bicyclic) bond motifs is 1. The molecule has 0 amide bonds. The molecule has 0 aliphatic heterocycles. The lowest BCUT2D eigenvalue weighted by Crippen LogP contribution is -2.23. The van der Waals surface area contributed by atoms with Crippen molar-refractivity contribution in [2.24, 2.45) is 7.05 Å². The maximum Gasteiger partial charge on any atom is 0.257 e. The maximum atomic E-state index is 14.6. The van der Waals surface area contributed by atoms with Gasteiger partial charge in [-0.15, -0.1) is 0 Å². The maximum absolute atomic E-state index is 14.6. The van der Waals surface area contributed by atoms with E-state index in [0.717, 1.165) is 5.56 Å². The first-order chi connectivity index (χ1) is 9.68. The van der Waals surface area contributed by atoms with Crippen LogP contribution in [0.1, 0.15) is 11.1 Å². The van der Waals surface area contributed by atoms with Gasteiger partial charge in [-0.2, -0.15) is 0 Å². The van der Waals surface area contributed by atoms with Gasteiger partial charge in [-0.25, -0.2) is 4.39 Å². The van der Waals surface area contributed by atoms with Crippen molar-refractivity contribution in [2.75, 3.05) is 0 Å². The zero-order valence-corrected chi connectivity index (χ0v) is 11.1. The quantitative estimate of drug-likeness (QED) is 0.698. The van der Waals surface area contributed by atoms with E-state index in [2.05, 4.69) is 0 Å². The molecule has 0 saturated heterocycles. The summed E-state index contributed by atoms with van der Waals surface area (Å²) in [7, 11) is 1.68. The van der Waals surface area contributed by atoms with Gasteiger partial charge in [0, 0.05) is 18.9 Å². The number of halogens is 1. The van der Waals surface area contributed by atoms with Crippen LogP contribution in [-0.2, 0) is 13.5 Å². The fourth-order valence-corrected chi connectivity index (χ4v) is 2.47. The Morgan fingerprint density at radius 1 is 1.00 bits per heavy atom. The smallest absolute Gasteiger partial charge is 0.257 e. The fraction of sp³-hybridized carbons (Fsp3) is 0.118. The van der Waals surface area contributed by atoms with Crippen LogP contribution in [0.15, 0.2) is 59.4 Å². The lowest BCUT2D eigenvalue weighted by atomic mass is 10.0. The molecule has 2 nitrogen and oxygen atoms in total. The molecule has 0 radical (unpaired) electrons. The molecule has 0 bridgehead atoms. The third-order valence-electron chi connectivity index (χ3n) is 3.55. The first-order valence-corrected chi connectivity index (χ1v) is 6.48. The van der Waals surface area contributed by atoms with E-state index in [1.807, 2.05) is 30.3 Å². The standard InChI is InChI=1S/C17H14FNO/c1-19-15-10-6-5-9-13(15)16(18)14(17(19)20)11-12-7-3-2-4-8-12/h2-10H,11H2,1H3. The Balaban J connectivity index is 2.23. The van der Waals surface area contributed by atoms with E-state index in [4.69, 9.17) is 0 Å². The van der Waals surface area contributed by atoms with Crippen LogP contribution in [0.2, 0.25) is 0 Å². The highest BCUT2D eigenvalue weighted by atomic mass is 19.1. The zero-order valence-electron chi connectivity index (χ0n) is 11.1.